The van der Waals surface area contributed by atoms with Crippen LogP contribution >= 0.6 is 23.8 Å². The van der Waals surface area contributed by atoms with Gasteiger partial charge in [0.2, 0.25) is 0 Å². The zero-order chi connectivity index (χ0) is 24.2. The highest BCUT2D eigenvalue weighted by molar-refractivity contribution is 7.80. The maximum atomic E-state index is 7.06. The van der Waals surface area contributed by atoms with Crippen molar-refractivity contribution in [3.63, 3.8) is 0 Å². The van der Waals surface area contributed by atoms with Gasteiger partial charge in [0.25, 0.3) is 0 Å². The zero-order valence-electron chi connectivity index (χ0n) is 20.1. The van der Waals surface area contributed by atoms with E-state index in [1.54, 1.807) is 0 Å². The largest absolute Gasteiger partial charge is 0.365 e. The van der Waals surface area contributed by atoms with Crippen LogP contribution in [0.25, 0.3) is 5.57 Å². The Morgan fingerprint density at radius 1 is 1.06 bits per heavy atom. The number of nitrogens with zero attached hydrogens (tertiary/aromatic N) is 3. The first-order valence-electron chi connectivity index (χ1n) is 11.5. The Hall–Kier alpha value is -2.89. The molecule has 34 heavy (non-hydrogen) atoms. The minimum atomic E-state index is -0.143. The van der Waals surface area contributed by atoms with Gasteiger partial charge in [0.15, 0.2) is 5.11 Å². The lowest BCUT2D eigenvalue weighted by molar-refractivity contribution is 0.567. The van der Waals surface area contributed by atoms with Crippen molar-refractivity contribution in [2.75, 3.05) is 16.8 Å². The molecule has 0 unspecified atom stereocenters. The second kappa shape index (κ2) is 8.40. The predicted octanol–water partition coefficient (Wildman–Crippen LogP) is 6.85. The number of pyridine rings is 1. The number of hydrogen-bond donors (Lipinski definition) is 1. The van der Waals surface area contributed by atoms with Gasteiger partial charge >= 0.3 is 0 Å². The molecule has 0 saturated carbocycles. The van der Waals surface area contributed by atoms with Gasteiger partial charge in [-0.2, -0.15) is 0 Å². The number of fused-ring (bicyclic) bond motifs is 1. The third-order valence-corrected chi connectivity index (χ3v) is 7.71. The van der Waals surface area contributed by atoms with Crippen LogP contribution in [0.4, 0.5) is 11.4 Å². The van der Waals surface area contributed by atoms with Crippen LogP contribution in [0.3, 0.4) is 0 Å². The Morgan fingerprint density at radius 2 is 1.79 bits per heavy atom. The van der Waals surface area contributed by atoms with Gasteiger partial charge in [0, 0.05) is 35.2 Å². The molecule has 0 bridgehead atoms. The maximum Gasteiger partial charge on any atom is 0.174 e. The Kier molecular flexibility index (Phi) is 5.65. The minimum Gasteiger partial charge on any atom is -0.365 e. The van der Waals surface area contributed by atoms with Gasteiger partial charge < -0.3 is 15.1 Å². The second-order valence-electron chi connectivity index (χ2n) is 9.76. The van der Waals surface area contributed by atoms with E-state index in [0.29, 0.717) is 5.11 Å². The fraction of sp³-hybridized carbons (Fsp3) is 0.286. The quantitative estimate of drug-likeness (QED) is 0.407. The van der Waals surface area contributed by atoms with E-state index in [9.17, 15) is 0 Å². The third kappa shape index (κ3) is 3.77. The predicted molar refractivity (Wildman–Crippen MR) is 147 cm³/mol. The standard InChI is InChI=1S/C28H29ClN4S/c1-17-9-11-19(12-10-17)33-26(25(31-27(33)34)23-8-6-7-13-30-23)21-14-20-18(2)16-28(3,4)32(5)24(20)15-22(21)29/h6-16,25-26H,1-5H3,(H,31,34)/t25-,26+/m0/s1. The van der Waals surface area contributed by atoms with E-state index in [2.05, 4.69) is 97.3 Å². The molecule has 5 rings (SSSR count). The number of allylic oxidation sites excluding steroid dienone is 1. The molecule has 2 aromatic carbocycles. The van der Waals surface area contributed by atoms with E-state index in [0.717, 1.165) is 27.7 Å². The van der Waals surface area contributed by atoms with Gasteiger partial charge in [-0.15, -0.1) is 0 Å². The first-order valence-corrected chi connectivity index (χ1v) is 12.3. The van der Waals surface area contributed by atoms with Crippen LogP contribution in [0, 0.1) is 6.92 Å². The van der Waals surface area contributed by atoms with Gasteiger partial charge in [0.05, 0.1) is 23.3 Å². The number of rotatable bonds is 3. The Labute approximate surface area is 212 Å². The molecule has 3 heterocycles. The summed E-state index contributed by atoms with van der Waals surface area (Å²) in [6.07, 6.45) is 4.14. The number of nitrogens with one attached hydrogen (secondary N) is 1. The number of halogens is 1. The summed E-state index contributed by atoms with van der Waals surface area (Å²) in [6, 6.07) is 18.5. The summed E-state index contributed by atoms with van der Waals surface area (Å²) >= 11 is 12.9. The van der Waals surface area contributed by atoms with Crippen molar-refractivity contribution in [2.24, 2.45) is 0 Å². The van der Waals surface area contributed by atoms with Crippen LogP contribution < -0.4 is 15.1 Å². The number of hydrogen-bond acceptors (Lipinski definition) is 3. The van der Waals surface area contributed by atoms with E-state index < -0.39 is 0 Å². The number of anilines is 2. The lowest BCUT2D eigenvalue weighted by Crippen LogP contribution is -2.42. The van der Waals surface area contributed by atoms with Crippen molar-refractivity contribution in [2.45, 2.75) is 45.3 Å². The SMILES string of the molecule is CC1=CC(C)(C)N(C)c2cc(Cl)c([C@@H]3[C@H](c4ccccn4)NC(=S)N3c3ccc(C)cc3)cc21. The molecule has 2 atom stereocenters. The molecule has 1 fully saturated rings. The monoisotopic (exact) mass is 488 g/mol. The molecule has 0 aliphatic carbocycles. The van der Waals surface area contributed by atoms with E-state index in [1.165, 1.54) is 16.7 Å². The molecule has 1 saturated heterocycles. The Bertz CT molecular complexity index is 1280. The summed E-state index contributed by atoms with van der Waals surface area (Å²) in [5.74, 6) is 0. The third-order valence-electron chi connectivity index (χ3n) is 7.06. The van der Waals surface area contributed by atoms with Crippen molar-refractivity contribution in [1.82, 2.24) is 10.3 Å². The molecule has 174 valence electrons. The lowest BCUT2D eigenvalue weighted by Gasteiger charge is -2.41. The van der Waals surface area contributed by atoms with Gasteiger partial charge in [-0.3, -0.25) is 4.98 Å². The van der Waals surface area contributed by atoms with Crippen LogP contribution in [0.1, 0.15) is 55.2 Å². The highest BCUT2D eigenvalue weighted by Crippen LogP contribution is 2.47. The highest BCUT2D eigenvalue weighted by atomic mass is 35.5. The number of benzene rings is 2. The Morgan fingerprint density at radius 3 is 2.47 bits per heavy atom. The highest BCUT2D eigenvalue weighted by Gasteiger charge is 2.42. The minimum absolute atomic E-state index is 0.0805. The molecule has 4 nitrogen and oxygen atoms in total. The first kappa shape index (κ1) is 22.9. The molecule has 0 amide bonds. The normalized spacial score (nSPS) is 21.2. The smallest absolute Gasteiger partial charge is 0.174 e. The van der Waals surface area contributed by atoms with Gasteiger partial charge in [-0.25, -0.2) is 0 Å². The van der Waals surface area contributed by atoms with Gasteiger partial charge in [-0.05, 0) is 87.4 Å². The topological polar surface area (TPSA) is 31.4 Å². The van der Waals surface area contributed by atoms with Crippen molar-refractivity contribution < 1.29 is 0 Å². The number of aromatic nitrogens is 1. The molecule has 2 aliphatic rings. The van der Waals surface area contributed by atoms with E-state index in [-0.39, 0.29) is 17.6 Å². The van der Waals surface area contributed by atoms with Gasteiger partial charge in [0.1, 0.15) is 0 Å². The lowest BCUT2D eigenvalue weighted by atomic mass is 9.86. The molecule has 0 radical (unpaired) electrons. The fourth-order valence-electron chi connectivity index (χ4n) is 5.07. The number of thiocarbonyl (C=S) groups is 1. The van der Waals surface area contributed by atoms with Crippen LogP contribution in [-0.4, -0.2) is 22.7 Å². The molecule has 1 aromatic heterocycles. The molecular formula is C28H29ClN4S. The summed E-state index contributed by atoms with van der Waals surface area (Å²) in [4.78, 5) is 9.13. The molecule has 2 aliphatic heterocycles. The molecule has 6 heteroatoms. The summed E-state index contributed by atoms with van der Waals surface area (Å²) in [6.45, 7) is 8.70. The average Bonchev–Trinajstić information content (AvgIpc) is 3.15. The van der Waals surface area contributed by atoms with E-state index >= 15 is 0 Å². The summed E-state index contributed by atoms with van der Waals surface area (Å²) < 4.78 is 0. The number of likely N-dealkylation sites (N-methyl/N-ethyl adjacent to an activating group) is 1. The summed E-state index contributed by atoms with van der Waals surface area (Å²) in [5.41, 5.74) is 7.72. The maximum absolute atomic E-state index is 7.06. The first-order chi connectivity index (χ1) is 16.2. The number of aryl methyl sites for hydroxylation is 1. The van der Waals surface area contributed by atoms with Crippen molar-refractivity contribution in [1.29, 1.82) is 0 Å². The summed E-state index contributed by atoms with van der Waals surface area (Å²) in [7, 11) is 2.12. The van der Waals surface area contributed by atoms with E-state index in [1.807, 2.05) is 24.4 Å². The van der Waals surface area contributed by atoms with Crippen LogP contribution in [0.5, 0.6) is 0 Å². The van der Waals surface area contributed by atoms with Crippen LogP contribution in [0.15, 0.2) is 66.9 Å². The van der Waals surface area contributed by atoms with Crippen molar-refractivity contribution in [3.05, 3.63) is 94.3 Å². The Balaban J connectivity index is 1.70. The van der Waals surface area contributed by atoms with Crippen LogP contribution in [-0.2, 0) is 0 Å². The van der Waals surface area contributed by atoms with Crippen molar-refractivity contribution >= 4 is 45.9 Å². The summed E-state index contributed by atoms with van der Waals surface area (Å²) in [5, 5.41) is 4.93. The van der Waals surface area contributed by atoms with Crippen molar-refractivity contribution in [3.8, 4) is 0 Å². The fourth-order valence-corrected chi connectivity index (χ4v) is 5.68. The van der Waals surface area contributed by atoms with E-state index in [4.69, 9.17) is 23.8 Å². The molecule has 1 N–H and O–H groups in total. The van der Waals surface area contributed by atoms with Crippen LogP contribution in [0.2, 0.25) is 5.02 Å². The molecule has 0 spiro atoms. The molecule has 3 aromatic rings. The zero-order valence-corrected chi connectivity index (χ0v) is 21.7. The molecular weight excluding hydrogens is 460 g/mol. The second-order valence-corrected chi connectivity index (χ2v) is 10.6. The average molecular weight is 489 g/mol. The van der Waals surface area contributed by atoms with Gasteiger partial charge in [-0.1, -0.05) is 41.4 Å².